The van der Waals surface area contributed by atoms with Crippen LogP contribution in [0.3, 0.4) is 0 Å². The monoisotopic (exact) mass is 465 g/mol. The van der Waals surface area contributed by atoms with Crippen molar-refractivity contribution < 1.29 is 22.7 Å². The van der Waals surface area contributed by atoms with Crippen LogP contribution < -0.4 is 16.4 Å². The van der Waals surface area contributed by atoms with Gasteiger partial charge in [-0.25, -0.2) is 14.8 Å². The molecule has 1 aromatic carbocycles. The summed E-state index contributed by atoms with van der Waals surface area (Å²) in [5.41, 5.74) is 5.32. The zero-order valence-electron chi connectivity index (χ0n) is 16.6. The molecule has 1 aromatic heterocycles. The number of allylic oxidation sites excluding steroid dienone is 1. The maximum absolute atomic E-state index is 13.5. The van der Waals surface area contributed by atoms with E-state index in [0.29, 0.717) is 16.9 Å². The largest absolute Gasteiger partial charge is 0.523 e. The second-order valence-electron chi connectivity index (χ2n) is 7.48. The quantitative estimate of drug-likeness (QED) is 0.540. The first-order valence-corrected chi connectivity index (χ1v) is 10.1. The molecule has 11 heteroatoms. The third-order valence-electron chi connectivity index (χ3n) is 5.07. The molecule has 0 spiro atoms. The van der Waals surface area contributed by atoms with Crippen molar-refractivity contribution >= 4 is 23.3 Å². The van der Waals surface area contributed by atoms with E-state index in [0.717, 1.165) is 12.8 Å². The van der Waals surface area contributed by atoms with Crippen LogP contribution in [0.1, 0.15) is 24.8 Å². The van der Waals surface area contributed by atoms with Crippen LogP contribution in [0, 0.1) is 0 Å². The molecule has 1 unspecified atom stereocenters. The van der Waals surface area contributed by atoms with Crippen LogP contribution in [0.2, 0.25) is 5.28 Å². The molecule has 4 rings (SSSR count). The molecule has 1 heterocycles. The van der Waals surface area contributed by atoms with Gasteiger partial charge < -0.3 is 16.4 Å². The van der Waals surface area contributed by atoms with Crippen LogP contribution in [-0.4, -0.2) is 28.4 Å². The zero-order valence-corrected chi connectivity index (χ0v) is 17.4. The number of benzene rings is 1. The third kappa shape index (κ3) is 5.03. The lowest BCUT2D eigenvalue weighted by Crippen LogP contribution is -2.37. The average Bonchev–Trinajstić information content (AvgIpc) is 3.52. The number of nitrogens with one attached hydrogen (secondary N) is 2. The van der Waals surface area contributed by atoms with Gasteiger partial charge in [-0.15, -0.1) is 13.2 Å². The molecule has 168 valence electrons. The molecular formula is C21H19ClF3N5O2. The Labute approximate surface area is 186 Å². The summed E-state index contributed by atoms with van der Waals surface area (Å²) in [6.45, 7) is 0. The number of primary amides is 1. The number of hydrogen-bond donors (Lipinski definition) is 3. The molecule has 2 amide bonds. The fourth-order valence-corrected chi connectivity index (χ4v) is 3.73. The first-order chi connectivity index (χ1) is 15.2. The number of carbonyl (C=O) groups excluding carboxylic acids is 1. The van der Waals surface area contributed by atoms with E-state index in [1.54, 1.807) is 24.3 Å². The number of alkyl halides is 3. The number of ether oxygens (including phenoxy) is 1. The second kappa shape index (κ2) is 8.44. The zero-order chi connectivity index (χ0) is 22.9. The number of aromatic nitrogens is 2. The molecule has 1 atom stereocenters. The smallest absolute Gasteiger partial charge is 0.381 e. The van der Waals surface area contributed by atoms with Crippen LogP contribution in [0.5, 0.6) is 0 Å². The minimum atomic E-state index is -4.92. The summed E-state index contributed by atoms with van der Waals surface area (Å²) in [4.78, 5) is 19.2. The van der Waals surface area contributed by atoms with E-state index in [9.17, 15) is 18.0 Å². The molecular weight excluding hydrogens is 447 g/mol. The SMILES string of the molecule is NC(=O)NC1=CCC(OC(F)(F)F)(c2cccc(-c3ccnc(Cl)n3)c2NC2CC2)C=C1. The highest BCUT2D eigenvalue weighted by Gasteiger charge is 2.45. The van der Waals surface area contributed by atoms with Crippen molar-refractivity contribution in [3.63, 3.8) is 0 Å². The Kier molecular flexibility index (Phi) is 5.83. The van der Waals surface area contributed by atoms with Crippen molar-refractivity contribution in [1.82, 2.24) is 15.3 Å². The topological polar surface area (TPSA) is 102 Å². The highest BCUT2D eigenvalue weighted by atomic mass is 35.5. The van der Waals surface area contributed by atoms with E-state index in [1.807, 2.05) is 0 Å². The van der Waals surface area contributed by atoms with Gasteiger partial charge in [0.15, 0.2) is 0 Å². The second-order valence-corrected chi connectivity index (χ2v) is 7.82. The van der Waals surface area contributed by atoms with Crippen molar-refractivity contribution in [2.75, 3.05) is 5.32 Å². The molecule has 0 aliphatic heterocycles. The molecule has 0 radical (unpaired) electrons. The van der Waals surface area contributed by atoms with Crippen molar-refractivity contribution in [1.29, 1.82) is 0 Å². The number of nitrogens with two attached hydrogens (primary N) is 1. The van der Waals surface area contributed by atoms with E-state index in [2.05, 4.69) is 25.3 Å². The predicted molar refractivity (Wildman–Crippen MR) is 112 cm³/mol. The lowest BCUT2D eigenvalue weighted by Gasteiger charge is -2.35. The number of rotatable bonds is 6. The number of para-hydroxylation sites is 1. The standard InChI is InChI=1S/C21H19ClF3N5O2/c22-18-27-11-8-16(30-18)14-2-1-3-15(17(14)28-12-4-5-12)20(32-21(23,24)25)9-6-13(7-10-20)29-19(26)31/h1-3,6-9,11-12,28H,4-5,10H2,(H3,26,29,31). The minimum Gasteiger partial charge on any atom is -0.381 e. The van der Waals surface area contributed by atoms with Gasteiger partial charge in [0, 0.05) is 35.5 Å². The van der Waals surface area contributed by atoms with E-state index in [-0.39, 0.29) is 29.0 Å². The summed E-state index contributed by atoms with van der Waals surface area (Å²) in [5.74, 6) is 0. The van der Waals surface area contributed by atoms with E-state index in [1.165, 1.54) is 24.4 Å². The molecule has 7 nitrogen and oxygen atoms in total. The lowest BCUT2D eigenvalue weighted by atomic mass is 9.83. The fraction of sp³-hybridized carbons (Fsp3) is 0.286. The first-order valence-electron chi connectivity index (χ1n) is 9.77. The van der Waals surface area contributed by atoms with Crippen molar-refractivity contribution in [3.8, 4) is 11.3 Å². The van der Waals surface area contributed by atoms with Crippen molar-refractivity contribution in [2.24, 2.45) is 5.73 Å². The van der Waals surface area contributed by atoms with Gasteiger partial charge >= 0.3 is 12.4 Å². The summed E-state index contributed by atoms with van der Waals surface area (Å²) in [6, 6.07) is 5.90. The van der Waals surface area contributed by atoms with Gasteiger partial charge in [0.1, 0.15) is 5.60 Å². The van der Waals surface area contributed by atoms with E-state index >= 15 is 0 Å². The van der Waals surface area contributed by atoms with Gasteiger partial charge in [-0.2, -0.15) is 0 Å². The third-order valence-corrected chi connectivity index (χ3v) is 5.25. The van der Waals surface area contributed by atoms with Gasteiger partial charge in [0.25, 0.3) is 0 Å². The summed E-state index contributed by atoms with van der Waals surface area (Å²) in [6.07, 6.45) is 2.22. The number of urea groups is 1. The van der Waals surface area contributed by atoms with E-state index in [4.69, 9.17) is 17.3 Å². The number of anilines is 1. The Hall–Kier alpha value is -3.11. The Bertz CT molecular complexity index is 1100. The molecule has 1 fully saturated rings. The van der Waals surface area contributed by atoms with Gasteiger partial charge in [0.05, 0.1) is 11.4 Å². The molecule has 4 N–H and O–H groups in total. The van der Waals surface area contributed by atoms with Gasteiger partial charge in [-0.3, -0.25) is 4.74 Å². The van der Waals surface area contributed by atoms with Crippen molar-refractivity contribution in [2.45, 2.75) is 37.3 Å². The first kappa shape index (κ1) is 22.1. The Morgan fingerprint density at radius 2 is 2.06 bits per heavy atom. The molecule has 1 saturated carbocycles. The summed E-state index contributed by atoms with van der Waals surface area (Å²) < 4.78 is 45.3. The van der Waals surface area contributed by atoms with Crippen LogP contribution in [0.25, 0.3) is 11.3 Å². The Balaban J connectivity index is 1.84. The van der Waals surface area contributed by atoms with Gasteiger partial charge in [0.2, 0.25) is 5.28 Å². The van der Waals surface area contributed by atoms with Crippen molar-refractivity contribution in [3.05, 3.63) is 65.2 Å². The number of carbonyl (C=O) groups is 1. The summed E-state index contributed by atoms with van der Waals surface area (Å²) in [7, 11) is 0. The molecule has 2 aliphatic rings. The predicted octanol–water partition coefficient (Wildman–Crippen LogP) is 4.62. The van der Waals surface area contributed by atoms with E-state index < -0.39 is 18.0 Å². The highest BCUT2D eigenvalue weighted by molar-refractivity contribution is 6.28. The van der Waals surface area contributed by atoms with Crippen LogP contribution in [0.15, 0.2) is 54.4 Å². The minimum absolute atomic E-state index is 0.0224. The summed E-state index contributed by atoms with van der Waals surface area (Å²) in [5, 5.41) is 5.71. The molecule has 0 saturated heterocycles. The van der Waals surface area contributed by atoms with Crippen LogP contribution >= 0.6 is 11.6 Å². The molecule has 2 aliphatic carbocycles. The number of amides is 2. The highest BCUT2D eigenvalue weighted by Crippen LogP contribution is 2.46. The van der Waals surface area contributed by atoms with Gasteiger partial charge in [-0.05, 0) is 42.7 Å². The number of hydrogen-bond acceptors (Lipinski definition) is 5. The number of halogens is 4. The lowest BCUT2D eigenvalue weighted by molar-refractivity contribution is -0.361. The maximum atomic E-state index is 13.5. The number of nitrogens with zero attached hydrogens (tertiary/aromatic N) is 2. The maximum Gasteiger partial charge on any atom is 0.523 e. The van der Waals surface area contributed by atoms with Crippen LogP contribution in [0.4, 0.5) is 23.7 Å². The normalized spacial score (nSPS) is 20.6. The summed E-state index contributed by atoms with van der Waals surface area (Å²) >= 11 is 5.95. The molecule has 0 bridgehead atoms. The Morgan fingerprint density at radius 1 is 1.28 bits per heavy atom. The Morgan fingerprint density at radius 3 is 2.66 bits per heavy atom. The average molecular weight is 466 g/mol. The molecule has 32 heavy (non-hydrogen) atoms. The van der Waals surface area contributed by atoms with Gasteiger partial charge in [-0.1, -0.05) is 24.3 Å². The van der Waals surface area contributed by atoms with Crippen LogP contribution in [-0.2, 0) is 10.3 Å². The molecule has 2 aromatic rings. The fourth-order valence-electron chi connectivity index (χ4n) is 3.58.